The van der Waals surface area contributed by atoms with Gasteiger partial charge in [0.05, 0.1) is 12.9 Å². The number of carbonyl (C=O) groups is 1. The number of benzene rings is 1. The highest BCUT2D eigenvalue weighted by molar-refractivity contribution is 5.69. The molecule has 1 aromatic heterocycles. The van der Waals surface area contributed by atoms with Crippen molar-refractivity contribution in [3.05, 3.63) is 48.5 Å². The third-order valence-electron chi connectivity index (χ3n) is 2.89. The zero-order valence-corrected chi connectivity index (χ0v) is 11.1. The summed E-state index contributed by atoms with van der Waals surface area (Å²) in [6.45, 7) is 2.28. The molecule has 100 valence electrons. The minimum Gasteiger partial charge on any atom is -0.466 e. The summed E-state index contributed by atoms with van der Waals surface area (Å²) in [6, 6.07) is 8.28. The van der Waals surface area contributed by atoms with E-state index >= 15 is 0 Å². The fourth-order valence-corrected chi connectivity index (χ4v) is 1.92. The number of imidazole rings is 1. The molecule has 1 heterocycles. The molecule has 0 saturated carbocycles. The molecule has 0 spiro atoms. The topological polar surface area (TPSA) is 44.1 Å². The summed E-state index contributed by atoms with van der Waals surface area (Å²) in [5.41, 5.74) is 2.32. The largest absolute Gasteiger partial charge is 0.466 e. The predicted molar refractivity (Wildman–Crippen MR) is 73.1 cm³/mol. The van der Waals surface area contributed by atoms with Crippen molar-refractivity contribution in [3.8, 4) is 5.69 Å². The van der Waals surface area contributed by atoms with Crippen LogP contribution >= 0.6 is 0 Å². The van der Waals surface area contributed by atoms with Crippen LogP contribution < -0.4 is 0 Å². The summed E-state index contributed by atoms with van der Waals surface area (Å²) in [5.74, 6) is -0.113. The van der Waals surface area contributed by atoms with Crippen LogP contribution in [-0.2, 0) is 16.0 Å². The maximum Gasteiger partial charge on any atom is 0.305 e. The molecule has 0 radical (unpaired) electrons. The second-order valence-corrected chi connectivity index (χ2v) is 4.29. The van der Waals surface area contributed by atoms with E-state index in [4.69, 9.17) is 4.74 Å². The molecule has 0 saturated heterocycles. The average molecular weight is 258 g/mol. The SMILES string of the molecule is CCOC(=O)CCCc1ccc(-n2ccnc2)cc1. The highest BCUT2D eigenvalue weighted by Gasteiger charge is 2.02. The third-order valence-corrected chi connectivity index (χ3v) is 2.89. The smallest absolute Gasteiger partial charge is 0.305 e. The number of carbonyl (C=O) groups excluding carboxylic acids is 1. The van der Waals surface area contributed by atoms with Gasteiger partial charge in [0.15, 0.2) is 0 Å². The maximum atomic E-state index is 11.2. The van der Waals surface area contributed by atoms with Gasteiger partial charge in [-0.25, -0.2) is 4.98 Å². The monoisotopic (exact) mass is 258 g/mol. The predicted octanol–water partition coefficient (Wildman–Crippen LogP) is 2.76. The van der Waals surface area contributed by atoms with E-state index in [-0.39, 0.29) is 5.97 Å². The van der Waals surface area contributed by atoms with Gasteiger partial charge in [-0.2, -0.15) is 0 Å². The van der Waals surface area contributed by atoms with Gasteiger partial charge in [0.1, 0.15) is 0 Å². The van der Waals surface area contributed by atoms with Crippen LogP contribution in [0.2, 0.25) is 0 Å². The first kappa shape index (κ1) is 13.3. The Kier molecular flexibility index (Phi) is 4.72. The van der Waals surface area contributed by atoms with Crippen molar-refractivity contribution in [2.75, 3.05) is 6.61 Å². The summed E-state index contributed by atoms with van der Waals surface area (Å²) >= 11 is 0. The Morgan fingerprint density at radius 1 is 1.32 bits per heavy atom. The number of hydrogen-bond acceptors (Lipinski definition) is 3. The van der Waals surface area contributed by atoms with Crippen molar-refractivity contribution < 1.29 is 9.53 Å². The number of aryl methyl sites for hydroxylation is 1. The van der Waals surface area contributed by atoms with E-state index in [1.165, 1.54) is 5.56 Å². The Balaban J connectivity index is 1.84. The Hall–Kier alpha value is -2.10. The first-order valence-electron chi connectivity index (χ1n) is 6.52. The fraction of sp³-hybridized carbons (Fsp3) is 0.333. The Bertz CT molecular complexity index is 503. The molecule has 0 bridgehead atoms. The molecule has 4 nitrogen and oxygen atoms in total. The summed E-state index contributed by atoms with van der Waals surface area (Å²) < 4.78 is 6.86. The van der Waals surface area contributed by atoms with Crippen LogP contribution in [0.4, 0.5) is 0 Å². The number of aromatic nitrogens is 2. The van der Waals surface area contributed by atoms with Crippen molar-refractivity contribution >= 4 is 5.97 Å². The Morgan fingerprint density at radius 2 is 2.11 bits per heavy atom. The molecule has 0 unspecified atom stereocenters. The third kappa shape index (κ3) is 3.95. The zero-order chi connectivity index (χ0) is 13.5. The summed E-state index contributed by atoms with van der Waals surface area (Å²) in [4.78, 5) is 15.2. The van der Waals surface area contributed by atoms with Crippen LogP contribution in [0.15, 0.2) is 43.0 Å². The lowest BCUT2D eigenvalue weighted by Gasteiger charge is -2.05. The number of rotatable bonds is 6. The second-order valence-electron chi connectivity index (χ2n) is 4.29. The lowest BCUT2D eigenvalue weighted by Crippen LogP contribution is -2.04. The van der Waals surface area contributed by atoms with Gasteiger partial charge in [0.25, 0.3) is 0 Å². The molecular formula is C15H18N2O2. The molecule has 4 heteroatoms. The van der Waals surface area contributed by atoms with Crippen LogP contribution in [0.3, 0.4) is 0 Å². The van der Waals surface area contributed by atoms with Crippen LogP contribution in [0.1, 0.15) is 25.3 Å². The first-order valence-corrected chi connectivity index (χ1v) is 6.52. The van der Waals surface area contributed by atoms with Gasteiger partial charge in [-0.15, -0.1) is 0 Å². The minimum absolute atomic E-state index is 0.113. The standard InChI is InChI=1S/C15H18N2O2/c1-2-19-15(18)5-3-4-13-6-8-14(9-7-13)17-11-10-16-12-17/h6-12H,2-5H2,1H3. The second kappa shape index (κ2) is 6.73. The normalized spacial score (nSPS) is 10.4. The molecule has 0 aliphatic carbocycles. The van der Waals surface area contributed by atoms with Gasteiger partial charge >= 0.3 is 5.97 Å². The molecule has 0 aliphatic rings. The van der Waals surface area contributed by atoms with E-state index in [2.05, 4.69) is 29.2 Å². The van der Waals surface area contributed by atoms with E-state index in [0.717, 1.165) is 18.5 Å². The van der Waals surface area contributed by atoms with Crippen LogP contribution in [0, 0.1) is 0 Å². The summed E-state index contributed by atoms with van der Waals surface area (Å²) in [7, 11) is 0. The highest BCUT2D eigenvalue weighted by atomic mass is 16.5. The Labute approximate surface area is 113 Å². The van der Waals surface area contributed by atoms with E-state index in [1.54, 1.807) is 12.5 Å². The average Bonchev–Trinajstić information content (AvgIpc) is 2.94. The van der Waals surface area contributed by atoms with Gasteiger partial charge in [-0.3, -0.25) is 4.79 Å². The molecule has 1 aromatic carbocycles. The van der Waals surface area contributed by atoms with Crippen molar-refractivity contribution in [2.45, 2.75) is 26.2 Å². The number of ether oxygens (including phenoxy) is 1. The molecule has 0 aliphatic heterocycles. The van der Waals surface area contributed by atoms with Gasteiger partial charge in [0.2, 0.25) is 0 Å². The molecule has 2 rings (SSSR count). The van der Waals surface area contributed by atoms with Crippen LogP contribution in [-0.4, -0.2) is 22.1 Å². The van der Waals surface area contributed by atoms with E-state index in [1.807, 2.05) is 17.7 Å². The van der Waals surface area contributed by atoms with Crippen molar-refractivity contribution in [3.63, 3.8) is 0 Å². The van der Waals surface area contributed by atoms with Crippen molar-refractivity contribution in [1.82, 2.24) is 9.55 Å². The van der Waals surface area contributed by atoms with Crippen LogP contribution in [0.25, 0.3) is 5.69 Å². The molecule has 0 atom stereocenters. The van der Waals surface area contributed by atoms with E-state index in [9.17, 15) is 4.79 Å². The number of hydrogen-bond donors (Lipinski definition) is 0. The summed E-state index contributed by atoms with van der Waals surface area (Å²) in [5, 5.41) is 0. The molecule has 0 N–H and O–H groups in total. The minimum atomic E-state index is -0.113. The molecule has 19 heavy (non-hydrogen) atoms. The zero-order valence-electron chi connectivity index (χ0n) is 11.1. The number of esters is 1. The summed E-state index contributed by atoms with van der Waals surface area (Å²) in [6.07, 6.45) is 7.64. The molecular weight excluding hydrogens is 240 g/mol. The quantitative estimate of drug-likeness (QED) is 0.748. The molecule has 2 aromatic rings. The lowest BCUT2D eigenvalue weighted by molar-refractivity contribution is -0.143. The van der Waals surface area contributed by atoms with Gasteiger partial charge in [-0.1, -0.05) is 12.1 Å². The molecule has 0 amide bonds. The fourth-order valence-electron chi connectivity index (χ4n) is 1.92. The van der Waals surface area contributed by atoms with Crippen LogP contribution in [0.5, 0.6) is 0 Å². The Morgan fingerprint density at radius 3 is 2.74 bits per heavy atom. The first-order chi connectivity index (χ1) is 9.29. The van der Waals surface area contributed by atoms with Crippen molar-refractivity contribution in [2.24, 2.45) is 0 Å². The van der Waals surface area contributed by atoms with E-state index in [0.29, 0.717) is 13.0 Å². The van der Waals surface area contributed by atoms with E-state index < -0.39 is 0 Å². The van der Waals surface area contributed by atoms with Crippen molar-refractivity contribution in [1.29, 1.82) is 0 Å². The molecule has 0 fully saturated rings. The highest BCUT2D eigenvalue weighted by Crippen LogP contribution is 2.11. The van der Waals surface area contributed by atoms with Gasteiger partial charge in [-0.05, 0) is 37.5 Å². The van der Waals surface area contributed by atoms with Gasteiger partial charge < -0.3 is 9.30 Å². The number of nitrogens with zero attached hydrogens (tertiary/aromatic N) is 2. The van der Waals surface area contributed by atoms with Gasteiger partial charge in [0, 0.05) is 24.5 Å². The maximum absolute atomic E-state index is 11.2. The lowest BCUT2D eigenvalue weighted by atomic mass is 10.1.